The summed E-state index contributed by atoms with van der Waals surface area (Å²) in [4.78, 5) is 6.54. The number of halogens is 1. The number of ether oxygens (including phenoxy) is 2. The lowest BCUT2D eigenvalue weighted by Gasteiger charge is -2.31. The van der Waals surface area contributed by atoms with Crippen LogP contribution in [0.2, 0.25) is 0 Å². The second kappa shape index (κ2) is 17.3. The zero-order valence-corrected chi connectivity index (χ0v) is 29.4. The van der Waals surface area contributed by atoms with Crippen molar-refractivity contribution in [3.05, 3.63) is 53.0 Å². The van der Waals surface area contributed by atoms with Crippen LogP contribution in [-0.4, -0.2) is 102 Å². The number of methoxy groups -OCH3 is 2. The van der Waals surface area contributed by atoms with Gasteiger partial charge in [0.1, 0.15) is 9.79 Å². The van der Waals surface area contributed by atoms with Gasteiger partial charge >= 0.3 is 0 Å². The SMILES string of the molecule is CCN(CC)CCN(CCN(CC)CC)c1cc(OC)c(OC)cc1Br.O=S(=O)(O)c1cccc2c(S(=O)(=O)O)cccc12. The van der Waals surface area contributed by atoms with E-state index in [1.54, 1.807) is 14.2 Å². The lowest BCUT2D eigenvalue weighted by atomic mass is 10.1. The number of likely N-dealkylation sites (N-methyl/N-ethyl adjacent to an activating group) is 2. The van der Waals surface area contributed by atoms with Gasteiger partial charge in [-0.3, -0.25) is 9.11 Å². The minimum atomic E-state index is -4.47. The first-order valence-corrected chi connectivity index (χ1v) is 18.0. The first kappa shape index (κ1) is 37.7. The molecule has 3 aromatic rings. The van der Waals surface area contributed by atoms with Crippen LogP contribution in [0.1, 0.15) is 27.7 Å². The van der Waals surface area contributed by atoms with Gasteiger partial charge in [0.2, 0.25) is 0 Å². The highest BCUT2D eigenvalue weighted by Gasteiger charge is 2.19. The van der Waals surface area contributed by atoms with Gasteiger partial charge in [0.25, 0.3) is 20.2 Å². The fourth-order valence-electron chi connectivity index (χ4n) is 4.74. The predicted molar refractivity (Wildman–Crippen MR) is 179 cm³/mol. The molecule has 0 amide bonds. The molecule has 0 spiro atoms. The molecule has 0 heterocycles. The van der Waals surface area contributed by atoms with E-state index in [1.165, 1.54) is 24.3 Å². The summed E-state index contributed by atoms with van der Waals surface area (Å²) in [5.41, 5.74) is 1.15. The van der Waals surface area contributed by atoms with Crippen molar-refractivity contribution in [3.8, 4) is 11.5 Å². The van der Waals surface area contributed by atoms with E-state index in [2.05, 4.69) is 64.4 Å². The van der Waals surface area contributed by atoms with Crippen LogP contribution in [0, 0.1) is 0 Å². The summed E-state index contributed by atoms with van der Waals surface area (Å²) in [7, 11) is -5.58. The quantitative estimate of drug-likeness (QED) is 0.199. The van der Waals surface area contributed by atoms with E-state index in [4.69, 9.17) is 18.6 Å². The van der Waals surface area contributed by atoms with Gasteiger partial charge in [0.15, 0.2) is 11.5 Å². The summed E-state index contributed by atoms with van der Waals surface area (Å²) in [5.74, 6) is 1.51. The van der Waals surface area contributed by atoms with Crippen LogP contribution >= 0.6 is 15.9 Å². The third-order valence-corrected chi connectivity index (χ3v) is 9.81. The summed E-state index contributed by atoms with van der Waals surface area (Å²) < 4.78 is 74.7. The number of fused-ring (bicyclic) bond motifs is 1. The average molecular weight is 719 g/mol. The molecule has 0 atom stereocenters. The van der Waals surface area contributed by atoms with E-state index in [-0.39, 0.29) is 10.8 Å². The van der Waals surface area contributed by atoms with Crippen molar-refractivity contribution in [2.24, 2.45) is 0 Å². The van der Waals surface area contributed by atoms with Gasteiger partial charge in [0, 0.05) is 53.6 Å². The van der Waals surface area contributed by atoms with E-state index in [0.717, 1.165) is 86.1 Å². The van der Waals surface area contributed by atoms with Crippen molar-refractivity contribution < 1.29 is 35.4 Å². The standard InChI is InChI=1S/C20H36BrN3O2.C10H8O6S2/c1-7-22(8-2)11-13-24(14-12-23(9-3)10-4)18-16-20(26-6)19(25-5)15-17(18)21;11-17(12,13)9-5-1-3-7-8(9)4-2-6-10(7)18(14,15)16/h15-16H,7-14H2,1-6H3;1-6H,(H,11,12,13)(H,14,15,16). The zero-order valence-electron chi connectivity index (χ0n) is 26.2. The number of nitrogens with zero attached hydrogens (tertiary/aromatic N) is 3. The van der Waals surface area contributed by atoms with Gasteiger partial charge in [-0.1, -0.05) is 52.0 Å². The molecule has 0 bridgehead atoms. The van der Waals surface area contributed by atoms with Gasteiger partial charge in [-0.15, -0.1) is 0 Å². The van der Waals surface area contributed by atoms with Crippen LogP contribution in [-0.2, 0) is 20.2 Å². The maximum atomic E-state index is 11.2. The molecule has 3 aromatic carbocycles. The van der Waals surface area contributed by atoms with Crippen molar-refractivity contribution in [3.63, 3.8) is 0 Å². The molecule has 2 N–H and O–H groups in total. The van der Waals surface area contributed by atoms with Crippen molar-refractivity contribution in [1.82, 2.24) is 9.80 Å². The minimum Gasteiger partial charge on any atom is -0.493 e. The Hall–Kier alpha value is -2.46. The first-order chi connectivity index (χ1) is 20.7. The molecule has 14 heteroatoms. The Labute approximate surface area is 270 Å². The molecular formula is C30H44BrN3O8S2. The summed E-state index contributed by atoms with van der Waals surface area (Å²) in [6.45, 7) is 17.2. The second-order valence-corrected chi connectivity index (χ2v) is 13.4. The smallest absolute Gasteiger partial charge is 0.295 e. The number of rotatable bonds is 15. The van der Waals surface area contributed by atoms with E-state index < -0.39 is 30.0 Å². The van der Waals surface area contributed by atoms with Crippen LogP contribution in [0.15, 0.2) is 62.8 Å². The average Bonchev–Trinajstić information content (AvgIpc) is 2.99. The Bertz CT molecular complexity index is 1490. The maximum Gasteiger partial charge on any atom is 0.295 e. The molecule has 3 rings (SSSR count). The molecule has 0 unspecified atom stereocenters. The third-order valence-electron chi connectivity index (χ3n) is 7.35. The molecular weight excluding hydrogens is 674 g/mol. The van der Waals surface area contributed by atoms with Crippen LogP contribution in [0.3, 0.4) is 0 Å². The highest BCUT2D eigenvalue weighted by molar-refractivity contribution is 9.10. The van der Waals surface area contributed by atoms with Crippen LogP contribution in [0.25, 0.3) is 10.8 Å². The molecule has 0 aliphatic heterocycles. The minimum absolute atomic E-state index is 0.0233. The van der Waals surface area contributed by atoms with Gasteiger partial charge in [-0.05, 0) is 54.2 Å². The number of hydrogen-bond donors (Lipinski definition) is 2. The fourth-order valence-corrected chi connectivity index (χ4v) is 6.73. The van der Waals surface area contributed by atoms with E-state index in [1.807, 2.05) is 6.07 Å². The van der Waals surface area contributed by atoms with Crippen molar-refractivity contribution >= 4 is 52.6 Å². The fraction of sp³-hybridized carbons (Fsp3) is 0.467. The monoisotopic (exact) mass is 717 g/mol. The Morgan fingerprint density at radius 3 is 1.39 bits per heavy atom. The summed E-state index contributed by atoms with van der Waals surface area (Å²) in [6.07, 6.45) is 0. The Morgan fingerprint density at radius 1 is 0.659 bits per heavy atom. The van der Waals surface area contributed by atoms with Crippen molar-refractivity contribution in [2.45, 2.75) is 37.5 Å². The largest absolute Gasteiger partial charge is 0.493 e. The summed E-state index contributed by atoms with van der Waals surface area (Å²) in [5, 5.41) is 0.0465. The molecule has 0 saturated heterocycles. The van der Waals surface area contributed by atoms with E-state index in [9.17, 15) is 16.8 Å². The number of anilines is 1. The van der Waals surface area contributed by atoms with E-state index >= 15 is 0 Å². The lowest BCUT2D eigenvalue weighted by Crippen LogP contribution is -2.40. The Morgan fingerprint density at radius 2 is 1.05 bits per heavy atom. The van der Waals surface area contributed by atoms with Crippen LogP contribution < -0.4 is 14.4 Å². The summed E-state index contributed by atoms with van der Waals surface area (Å²) in [6, 6.07) is 11.6. The van der Waals surface area contributed by atoms with Crippen LogP contribution in [0.4, 0.5) is 5.69 Å². The van der Waals surface area contributed by atoms with Gasteiger partial charge in [-0.2, -0.15) is 16.8 Å². The van der Waals surface area contributed by atoms with Gasteiger partial charge in [0.05, 0.1) is 19.9 Å². The Kier molecular flexibility index (Phi) is 14.8. The van der Waals surface area contributed by atoms with Crippen molar-refractivity contribution in [2.75, 3.05) is 71.5 Å². The molecule has 0 fully saturated rings. The molecule has 0 aliphatic carbocycles. The normalized spacial score (nSPS) is 11.9. The number of benzene rings is 3. The van der Waals surface area contributed by atoms with Crippen LogP contribution in [0.5, 0.6) is 11.5 Å². The second-order valence-electron chi connectivity index (χ2n) is 9.76. The van der Waals surface area contributed by atoms with Crippen molar-refractivity contribution in [1.29, 1.82) is 0 Å². The maximum absolute atomic E-state index is 11.2. The Balaban J connectivity index is 0.000000326. The van der Waals surface area contributed by atoms with Gasteiger partial charge < -0.3 is 24.2 Å². The topological polar surface area (TPSA) is 137 Å². The molecule has 0 aliphatic rings. The lowest BCUT2D eigenvalue weighted by molar-refractivity contribution is 0.294. The summed E-state index contributed by atoms with van der Waals surface area (Å²) >= 11 is 3.73. The molecule has 0 radical (unpaired) electrons. The predicted octanol–water partition coefficient (Wildman–Crippen LogP) is 5.29. The van der Waals surface area contributed by atoms with E-state index in [0.29, 0.717) is 0 Å². The highest BCUT2D eigenvalue weighted by Crippen LogP contribution is 2.38. The van der Waals surface area contributed by atoms with Gasteiger partial charge in [-0.25, -0.2) is 0 Å². The molecule has 11 nitrogen and oxygen atoms in total. The molecule has 0 saturated carbocycles. The zero-order chi connectivity index (χ0) is 33.1. The molecule has 246 valence electrons. The molecule has 44 heavy (non-hydrogen) atoms. The third kappa shape index (κ3) is 10.3. The highest BCUT2D eigenvalue weighted by atomic mass is 79.9. The molecule has 0 aromatic heterocycles. The first-order valence-electron chi connectivity index (χ1n) is 14.3. The number of hydrogen-bond acceptors (Lipinski definition) is 9.